The summed E-state index contributed by atoms with van der Waals surface area (Å²) in [6.45, 7) is 0.770. The minimum Gasteiger partial charge on any atom is -0.367 e. The summed E-state index contributed by atoms with van der Waals surface area (Å²) in [6, 6.07) is 23.6. The van der Waals surface area contributed by atoms with Gasteiger partial charge in [0, 0.05) is 10.9 Å². The maximum atomic E-state index is 6.14. The third-order valence-electron chi connectivity index (χ3n) is 4.82. The highest BCUT2D eigenvalue weighted by molar-refractivity contribution is 5.86. The maximum Gasteiger partial charge on any atom is 0.123 e. The van der Waals surface area contributed by atoms with E-state index in [0.717, 1.165) is 13.0 Å². The topological polar surface area (TPSA) is 25.0 Å². The van der Waals surface area contributed by atoms with Gasteiger partial charge < -0.3 is 9.72 Å². The lowest BCUT2D eigenvalue weighted by molar-refractivity contribution is 0.0678. The van der Waals surface area contributed by atoms with E-state index in [1.807, 2.05) is 0 Å². The number of hydrogen-bond acceptors (Lipinski definition) is 1. The first-order chi connectivity index (χ1) is 11.4. The van der Waals surface area contributed by atoms with Crippen LogP contribution in [0.4, 0.5) is 0 Å². The Hall–Kier alpha value is -2.58. The van der Waals surface area contributed by atoms with Gasteiger partial charge in [0.25, 0.3) is 0 Å². The van der Waals surface area contributed by atoms with Crippen molar-refractivity contribution < 1.29 is 4.74 Å². The van der Waals surface area contributed by atoms with Gasteiger partial charge in [-0.15, -0.1) is 0 Å². The molecule has 0 amide bonds. The number of ether oxygens (including phenoxy) is 1. The second kappa shape index (κ2) is 4.97. The van der Waals surface area contributed by atoms with Crippen LogP contribution >= 0.6 is 0 Å². The minimum atomic E-state index is -0.00393. The molecule has 112 valence electrons. The van der Waals surface area contributed by atoms with E-state index >= 15 is 0 Å². The number of nitrogens with one attached hydrogen (secondary N) is 1. The average Bonchev–Trinajstić information content (AvgIpc) is 3.00. The van der Waals surface area contributed by atoms with Gasteiger partial charge in [0.2, 0.25) is 0 Å². The fourth-order valence-corrected chi connectivity index (χ4v) is 3.71. The molecule has 4 aromatic rings. The van der Waals surface area contributed by atoms with Crippen molar-refractivity contribution in [1.82, 2.24) is 4.98 Å². The smallest absolute Gasteiger partial charge is 0.123 e. The van der Waals surface area contributed by atoms with Crippen LogP contribution in [0.15, 0.2) is 66.7 Å². The van der Waals surface area contributed by atoms with Gasteiger partial charge in [0.05, 0.1) is 12.3 Å². The Balaban J connectivity index is 1.69. The number of aromatic amines is 1. The molecule has 1 atom stereocenters. The Kier molecular flexibility index (Phi) is 2.79. The Labute approximate surface area is 134 Å². The van der Waals surface area contributed by atoms with Gasteiger partial charge in [-0.05, 0) is 40.5 Å². The van der Waals surface area contributed by atoms with Crippen molar-refractivity contribution in [2.45, 2.75) is 12.5 Å². The first-order valence-electron chi connectivity index (χ1n) is 8.10. The zero-order valence-corrected chi connectivity index (χ0v) is 12.8. The highest BCUT2D eigenvalue weighted by atomic mass is 16.5. The van der Waals surface area contributed by atoms with E-state index in [2.05, 4.69) is 71.7 Å². The maximum absolute atomic E-state index is 6.14. The van der Waals surface area contributed by atoms with Crippen LogP contribution in [0.2, 0.25) is 0 Å². The molecule has 0 bridgehead atoms. The number of benzene rings is 3. The van der Waals surface area contributed by atoms with Crippen LogP contribution in [-0.4, -0.2) is 11.6 Å². The van der Waals surface area contributed by atoms with Gasteiger partial charge in [-0.3, -0.25) is 0 Å². The number of H-pyrrole nitrogens is 1. The molecular formula is C21H17NO. The second-order valence-electron chi connectivity index (χ2n) is 6.17. The molecule has 0 radical (unpaired) electrons. The standard InChI is InChI=1S/C21H17NO/c1-2-6-15-13-16(10-9-14(15)5-1)21-20-18(11-12-23-21)17-7-3-4-8-19(17)22-20/h1-10,13,21-22H,11-12H2. The molecule has 1 aliphatic heterocycles. The van der Waals surface area contributed by atoms with Crippen LogP contribution in [0.1, 0.15) is 22.9 Å². The summed E-state index contributed by atoms with van der Waals surface area (Å²) in [5, 5.41) is 3.86. The Bertz CT molecular complexity index is 1010. The van der Waals surface area contributed by atoms with Gasteiger partial charge in [-0.2, -0.15) is 0 Å². The Morgan fingerprint density at radius 2 is 1.70 bits per heavy atom. The summed E-state index contributed by atoms with van der Waals surface area (Å²) in [5.41, 5.74) is 5.04. The number of rotatable bonds is 1. The predicted octanol–water partition coefficient (Wildman–Crippen LogP) is 4.98. The first kappa shape index (κ1) is 12.9. The van der Waals surface area contributed by atoms with Crippen LogP contribution in [0.25, 0.3) is 21.7 Å². The largest absolute Gasteiger partial charge is 0.367 e. The molecule has 0 saturated heterocycles. The van der Waals surface area contributed by atoms with Crippen LogP contribution in [0.5, 0.6) is 0 Å². The molecule has 0 fully saturated rings. The van der Waals surface area contributed by atoms with E-state index < -0.39 is 0 Å². The average molecular weight is 299 g/mol. The number of fused-ring (bicyclic) bond motifs is 4. The van der Waals surface area contributed by atoms with Gasteiger partial charge >= 0.3 is 0 Å². The molecule has 1 unspecified atom stereocenters. The predicted molar refractivity (Wildman–Crippen MR) is 93.7 cm³/mol. The van der Waals surface area contributed by atoms with Crippen LogP contribution in [-0.2, 0) is 11.2 Å². The summed E-state index contributed by atoms with van der Waals surface area (Å²) in [5.74, 6) is 0. The summed E-state index contributed by atoms with van der Waals surface area (Å²) in [4.78, 5) is 3.59. The molecule has 0 spiro atoms. The number of hydrogen-bond donors (Lipinski definition) is 1. The monoisotopic (exact) mass is 299 g/mol. The molecule has 0 saturated carbocycles. The lowest BCUT2D eigenvalue weighted by Crippen LogP contribution is -2.16. The van der Waals surface area contributed by atoms with Gasteiger partial charge in [-0.1, -0.05) is 54.6 Å². The molecule has 1 aromatic heterocycles. The molecular weight excluding hydrogens is 282 g/mol. The van der Waals surface area contributed by atoms with Crippen LogP contribution < -0.4 is 0 Å². The fourth-order valence-electron chi connectivity index (χ4n) is 3.71. The fraction of sp³-hybridized carbons (Fsp3) is 0.143. The van der Waals surface area contributed by atoms with E-state index in [4.69, 9.17) is 4.74 Å². The third kappa shape index (κ3) is 1.99. The zero-order valence-electron chi connectivity index (χ0n) is 12.8. The SMILES string of the molecule is c1ccc2cc(C3OCCc4c3[nH]c3ccccc43)ccc2c1. The van der Waals surface area contributed by atoms with Crippen molar-refractivity contribution in [2.24, 2.45) is 0 Å². The molecule has 23 heavy (non-hydrogen) atoms. The van der Waals surface area contributed by atoms with E-state index in [0.29, 0.717) is 0 Å². The lowest BCUT2D eigenvalue weighted by Gasteiger charge is -2.24. The van der Waals surface area contributed by atoms with Gasteiger partial charge in [0.15, 0.2) is 0 Å². The number of aromatic nitrogens is 1. The molecule has 2 heterocycles. The molecule has 2 heteroatoms. The molecule has 2 nitrogen and oxygen atoms in total. The van der Waals surface area contributed by atoms with Crippen LogP contribution in [0.3, 0.4) is 0 Å². The quantitative estimate of drug-likeness (QED) is 0.526. The molecule has 0 aliphatic carbocycles. The summed E-state index contributed by atoms with van der Waals surface area (Å²) in [7, 11) is 0. The molecule has 5 rings (SSSR count). The summed E-state index contributed by atoms with van der Waals surface area (Å²) in [6.07, 6.45) is 0.972. The summed E-state index contributed by atoms with van der Waals surface area (Å²) >= 11 is 0. The van der Waals surface area contributed by atoms with Crippen molar-refractivity contribution in [1.29, 1.82) is 0 Å². The highest BCUT2D eigenvalue weighted by Crippen LogP contribution is 2.37. The molecule has 1 N–H and O–H groups in total. The second-order valence-corrected chi connectivity index (χ2v) is 6.17. The Morgan fingerprint density at radius 3 is 2.65 bits per heavy atom. The number of para-hydroxylation sites is 1. The third-order valence-corrected chi connectivity index (χ3v) is 4.82. The highest BCUT2D eigenvalue weighted by Gasteiger charge is 2.26. The van der Waals surface area contributed by atoms with E-state index in [1.165, 1.54) is 38.5 Å². The minimum absolute atomic E-state index is 0.00393. The lowest BCUT2D eigenvalue weighted by atomic mass is 9.96. The molecule has 3 aromatic carbocycles. The van der Waals surface area contributed by atoms with Crippen molar-refractivity contribution in [2.75, 3.05) is 6.61 Å². The van der Waals surface area contributed by atoms with Crippen molar-refractivity contribution >= 4 is 21.7 Å². The van der Waals surface area contributed by atoms with Gasteiger partial charge in [-0.25, -0.2) is 0 Å². The van der Waals surface area contributed by atoms with Crippen molar-refractivity contribution in [3.63, 3.8) is 0 Å². The van der Waals surface area contributed by atoms with Crippen molar-refractivity contribution in [3.05, 3.63) is 83.6 Å². The first-order valence-corrected chi connectivity index (χ1v) is 8.10. The zero-order chi connectivity index (χ0) is 15.2. The van der Waals surface area contributed by atoms with Crippen LogP contribution in [0, 0.1) is 0 Å². The van der Waals surface area contributed by atoms with E-state index in [9.17, 15) is 0 Å². The van der Waals surface area contributed by atoms with E-state index in [-0.39, 0.29) is 6.10 Å². The Morgan fingerprint density at radius 1 is 0.870 bits per heavy atom. The summed E-state index contributed by atoms with van der Waals surface area (Å²) < 4.78 is 6.14. The molecule has 1 aliphatic rings. The normalized spacial score (nSPS) is 17.5. The van der Waals surface area contributed by atoms with Crippen molar-refractivity contribution in [3.8, 4) is 0 Å². The van der Waals surface area contributed by atoms with Gasteiger partial charge in [0.1, 0.15) is 6.10 Å². The van der Waals surface area contributed by atoms with E-state index in [1.54, 1.807) is 0 Å².